The Morgan fingerprint density at radius 3 is 2.19 bits per heavy atom. The van der Waals surface area contributed by atoms with E-state index >= 15 is 0 Å². The predicted molar refractivity (Wildman–Crippen MR) is 95.8 cm³/mol. The van der Waals surface area contributed by atoms with E-state index in [9.17, 15) is 14.9 Å². The summed E-state index contributed by atoms with van der Waals surface area (Å²) in [6.45, 7) is 0.464. The number of ether oxygens (including phenoxy) is 2. The summed E-state index contributed by atoms with van der Waals surface area (Å²) < 4.78 is 11.3. The summed E-state index contributed by atoms with van der Waals surface area (Å²) in [4.78, 5) is 21.2. The van der Waals surface area contributed by atoms with Crippen molar-refractivity contribution < 1.29 is 19.2 Å². The number of hydrogen-bond donors (Lipinski definition) is 0. The molecule has 0 aliphatic rings. The number of nitro groups is 1. The minimum atomic E-state index is -0.605. The molecule has 0 N–H and O–H groups in total. The lowest BCUT2D eigenvalue weighted by molar-refractivity contribution is -0.385. The van der Waals surface area contributed by atoms with Crippen LogP contribution in [-0.4, -0.2) is 11.2 Å². The molecule has 3 aromatic rings. The lowest BCUT2D eigenvalue weighted by atomic mass is 10.2. The van der Waals surface area contributed by atoms with E-state index in [2.05, 4.69) is 0 Å². The van der Waals surface area contributed by atoms with E-state index in [1.807, 2.05) is 30.3 Å². The van der Waals surface area contributed by atoms with Crippen LogP contribution in [-0.2, 0) is 6.61 Å². The minimum Gasteiger partial charge on any atom is -0.489 e. The first-order valence-corrected chi connectivity index (χ1v) is 7.84. The van der Waals surface area contributed by atoms with Gasteiger partial charge in [-0.05, 0) is 42.0 Å². The van der Waals surface area contributed by atoms with Crippen molar-refractivity contribution in [3.05, 3.63) is 94.0 Å². The van der Waals surface area contributed by atoms with Crippen molar-refractivity contribution in [3.63, 3.8) is 0 Å². The van der Waals surface area contributed by atoms with Gasteiger partial charge in [-0.2, -0.15) is 0 Å². The average molecular weight is 349 g/mol. The number of benzene rings is 3. The lowest BCUT2D eigenvalue weighted by Gasteiger charge is -2.09. The van der Waals surface area contributed by atoms with Gasteiger partial charge in [0.15, 0.2) is 6.29 Å². The molecule has 26 heavy (non-hydrogen) atoms. The third-order valence-electron chi connectivity index (χ3n) is 3.63. The van der Waals surface area contributed by atoms with Crippen LogP contribution in [0, 0.1) is 10.1 Å². The van der Waals surface area contributed by atoms with Crippen LogP contribution in [0.25, 0.3) is 0 Å². The van der Waals surface area contributed by atoms with E-state index in [1.165, 1.54) is 18.2 Å². The Balaban J connectivity index is 1.65. The molecule has 0 saturated carbocycles. The van der Waals surface area contributed by atoms with Gasteiger partial charge >= 0.3 is 0 Å². The van der Waals surface area contributed by atoms with Crippen LogP contribution in [0.3, 0.4) is 0 Å². The molecule has 0 amide bonds. The van der Waals surface area contributed by atoms with Crippen molar-refractivity contribution in [3.8, 4) is 17.2 Å². The Hall–Kier alpha value is -3.67. The monoisotopic (exact) mass is 349 g/mol. The zero-order chi connectivity index (χ0) is 18.4. The Kier molecular flexibility index (Phi) is 5.24. The van der Waals surface area contributed by atoms with Gasteiger partial charge in [0.25, 0.3) is 5.69 Å². The van der Waals surface area contributed by atoms with Crippen molar-refractivity contribution >= 4 is 12.0 Å². The summed E-state index contributed by atoms with van der Waals surface area (Å²) in [5.74, 6) is 1.57. The number of hydrogen-bond acceptors (Lipinski definition) is 5. The zero-order valence-electron chi connectivity index (χ0n) is 13.7. The number of carbonyl (C=O) groups is 1. The molecule has 3 rings (SSSR count). The Bertz CT molecular complexity index is 907. The van der Waals surface area contributed by atoms with Crippen LogP contribution in [0.2, 0.25) is 0 Å². The van der Waals surface area contributed by atoms with Gasteiger partial charge in [-0.3, -0.25) is 14.9 Å². The molecule has 0 bridgehead atoms. The van der Waals surface area contributed by atoms with E-state index in [-0.39, 0.29) is 11.3 Å². The van der Waals surface area contributed by atoms with E-state index in [4.69, 9.17) is 9.47 Å². The van der Waals surface area contributed by atoms with Gasteiger partial charge in [0.2, 0.25) is 0 Å². The van der Waals surface area contributed by atoms with Crippen molar-refractivity contribution in [2.45, 2.75) is 6.61 Å². The van der Waals surface area contributed by atoms with Crippen molar-refractivity contribution in [2.24, 2.45) is 0 Å². The normalized spacial score (nSPS) is 10.2. The van der Waals surface area contributed by atoms with Gasteiger partial charge < -0.3 is 9.47 Å². The molecular weight excluding hydrogens is 334 g/mol. The molecule has 0 atom stereocenters. The van der Waals surface area contributed by atoms with E-state index in [1.54, 1.807) is 24.3 Å². The Labute approximate surface area is 149 Å². The second kappa shape index (κ2) is 7.94. The molecule has 0 aliphatic heterocycles. The first-order chi connectivity index (χ1) is 12.7. The van der Waals surface area contributed by atoms with E-state index in [0.717, 1.165) is 5.56 Å². The Morgan fingerprint density at radius 1 is 0.885 bits per heavy atom. The molecule has 0 radical (unpaired) electrons. The van der Waals surface area contributed by atoms with Gasteiger partial charge in [0.05, 0.1) is 10.5 Å². The van der Waals surface area contributed by atoms with Crippen LogP contribution in [0.4, 0.5) is 5.69 Å². The number of nitro benzene ring substituents is 1. The largest absolute Gasteiger partial charge is 0.489 e. The molecule has 6 nitrogen and oxygen atoms in total. The lowest BCUT2D eigenvalue weighted by Crippen LogP contribution is -1.96. The maximum absolute atomic E-state index is 11.0. The van der Waals surface area contributed by atoms with E-state index < -0.39 is 4.92 Å². The quantitative estimate of drug-likeness (QED) is 0.348. The topological polar surface area (TPSA) is 78.7 Å². The highest BCUT2D eigenvalue weighted by atomic mass is 16.6. The second-order valence-corrected chi connectivity index (χ2v) is 5.44. The molecule has 6 heteroatoms. The fourth-order valence-corrected chi connectivity index (χ4v) is 2.34. The van der Waals surface area contributed by atoms with Crippen LogP contribution < -0.4 is 9.47 Å². The maximum atomic E-state index is 11.0. The van der Waals surface area contributed by atoms with Gasteiger partial charge in [-0.25, -0.2) is 0 Å². The summed E-state index contributed by atoms with van der Waals surface area (Å²) in [5, 5.41) is 10.8. The van der Waals surface area contributed by atoms with E-state index in [0.29, 0.717) is 30.1 Å². The molecule has 0 unspecified atom stereocenters. The first kappa shape index (κ1) is 17.2. The summed E-state index contributed by atoms with van der Waals surface area (Å²) >= 11 is 0. The summed E-state index contributed by atoms with van der Waals surface area (Å²) in [7, 11) is 0. The summed E-state index contributed by atoms with van der Waals surface area (Å²) in [5.41, 5.74) is 0.785. The van der Waals surface area contributed by atoms with Gasteiger partial charge in [-0.1, -0.05) is 30.3 Å². The molecule has 0 saturated heterocycles. The molecule has 0 aromatic heterocycles. The smallest absolute Gasteiger partial charge is 0.280 e. The third-order valence-corrected chi connectivity index (χ3v) is 3.63. The fourth-order valence-electron chi connectivity index (χ4n) is 2.34. The van der Waals surface area contributed by atoms with Crippen LogP contribution >= 0.6 is 0 Å². The summed E-state index contributed by atoms with van der Waals surface area (Å²) in [6.07, 6.45) is 0.436. The molecule has 0 fully saturated rings. The molecule has 3 aromatic carbocycles. The van der Waals surface area contributed by atoms with Gasteiger partial charge in [-0.15, -0.1) is 0 Å². The Morgan fingerprint density at radius 2 is 1.54 bits per heavy atom. The highest BCUT2D eigenvalue weighted by Crippen LogP contribution is 2.28. The van der Waals surface area contributed by atoms with Crippen molar-refractivity contribution in [1.82, 2.24) is 0 Å². The van der Waals surface area contributed by atoms with Crippen molar-refractivity contribution in [1.29, 1.82) is 0 Å². The number of carbonyl (C=O) groups excluding carboxylic acids is 1. The molecule has 130 valence electrons. The molecule has 0 aliphatic carbocycles. The predicted octanol–water partition coefficient (Wildman–Crippen LogP) is 4.78. The highest BCUT2D eigenvalue weighted by Gasteiger charge is 2.14. The van der Waals surface area contributed by atoms with Crippen LogP contribution in [0.15, 0.2) is 72.8 Å². The van der Waals surface area contributed by atoms with Crippen molar-refractivity contribution in [2.75, 3.05) is 0 Å². The van der Waals surface area contributed by atoms with Crippen LogP contribution in [0.1, 0.15) is 15.9 Å². The fraction of sp³-hybridized carbons (Fsp3) is 0.0500. The maximum Gasteiger partial charge on any atom is 0.280 e. The highest BCUT2D eigenvalue weighted by molar-refractivity contribution is 5.82. The number of nitrogens with zero attached hydrogens (tertiary/aromatic N) is 1. The molecule has 0 heterocycles. The molecule has 0 spiro atoms. The minimum absolute atomic E-state index is 0.0321. The number of rotatable bonds is 7. The van der Waals surface area contributed by atoms with Crippen LogP contribution in [0.5, 0.6) is 17.2 Å². The SMILES string of the molecule is O=Cc1cc(Oc2ccc(OCc3ccccc3)cc2)ccc1[N+](=O)[O-]. The molecular formula is C20H15NO5. The van der Waals surface area contributed by atoms with Gasteiger partial charge in [0.1, 0.15) is 23.9 Å². The van der Waals surface area contributed by atoms with Gasteiger partial charge in [0, 0.05) is 6.07 Å². The standard InChI is InChI=1S/C20H15NO5/c22-13-16-12-19(10-11-20(16)21(23)24)26-18-8-6-17(7-9-18)25-14-15-4-2-1-3-5-15/h1-13H,14H2. The third kappa shape index (κ3) is 4.24. The number of aldehydes is 1. The summed E-state index contributed by atoms with van der Waals surface area (Å²) in [6, 6.07) is 20.8. The zero-order valence-corrected chi connectivity index (χ0v) is 13.7. The first-order valence-electron chi connectivity index (χ1n) is 7.84. The average Bonchev–Trinajstić information content (AvgIpc) is 2.68. The second-order valence-electron chi connectivity index (χ2n) is 5.44.